The van der Waals surface area contributed by atoms with E-state index >= 15 is 0 Å². The molecule has 2 bridgehead atoms. The molecule has 6 rings (SSSR count). The molecule has 29 heavy (non-hydrogen) atoms. The first kappa shape index (κ1) is 17.5. The number of rotatable bonds is 3. The van der Waals surface area contributed by atoms with Crippen LogP contribution in [0.2, 0.25) is 0 Å². The molecule has 1 spiro atoms. The second-order valence-corrected chi connectivity index (χ2v) is 8.92. The molecule has 2 aliphatic carbocycles. The molecule has 2 heterocycles. The normalized spacial score (nSPS) is 34.5. The minimum absolute atomic E-state index is 0.0255. The number of carbonyl (C=O) groups excluding carboxylic acids is 1. The molecule has 1 N–H and O–H groups in total. The van der Waals surface area contributed by atoms with Gasteiger partial charge in [0.1, 0.15) is 0 Å². The third kappa shape index (κ3) is 2.05. The molecule has 4 atom stereocenters. The Labute approximate surface area is 170 Å². The number of likely N-dealkylation sites (tertiary alicyclic amines) is 1. The Morgan fingerprint density at radius 2 is 2.03 bits per heavy atom. The van der Waals surface area contributed by atoms with Gasteiger partial charge in [0.15, 0.2) is 23.4 Å². The minimum Gasteiger partial charge on any atom is -0.493 e. The van der Waals surface area contributed by atoms with E-state index in [-0.39, 0.29) is 11.8 Å². The number of nitrogens with zero attached hydrogens (tertiary/aromatic N) is 1. The van der Waals surface area contributed by atoms with Gasteiger partial charge in [-0.25, -0.2) is 0 Å². The third-order valence-corrected chi connectivity index (χ3v) is 7.80. The Hall–Kier alpha value is -2.37. The minimum atomic E-state index is -0.969. The first-order valence-corrected chi connectivity index (χ1v) is 10.5. The van der Waals surface area contributed by atoms with Crippen molar-refractivity contribution in [3.63, 3.8) is 0 Å². The van der Waals surface area contributed by atoms with E-state index in [1.165, 1.54) is 11.1 Å². The third-order valence-electron chi connectivity index (χ3n) is 7.80. The summed E-state index contributed by atoms with van der Waals surface area (Å²) in [6.07, 6.45) is 1.74. The van der Waals surface area contributed by atoms with E-state index < -0.39 is 17.1 Å². The SMILES string of the molecule is COc1ccc2c3c1OC1C(=O)CC[C@]4(O)C(C2)N(Cc2ccccc2)CC[C@@]314. The number of piperidine rings is 1. The fraction of sp³-hybridized carbons (Fsp3) is 0.458. The molecule has 1 saturated heterocycles. The fourth-order valence-corrected chi connectivity index (χ4v) is 6.57. The highest BCUT2D eigenvalue weighted by atomic mass is 16.5. The van der Waals surface area contributed by atoms with Gasteiger partial charge in [-0.1, -0.05) is 36.4 Å². The van der Waals surface area contributed by atoms with Gasteiger partial charge in [0.25, 0.3) is 0 Å². The number of hydrogen-bond acceptors (Lipinski definition) is 5. The summed E-state index contributed by atoms with van der Waals surface area (Å²) in [6, 6.07) is 14.4. The number of methoxy groups -OCH3 is 1. The van der Waals surface area contributed by atoms with Crippen LogP contribution in [0.5, 0.6) is 11.5 Å². The number of benzene rings is 2. The van der Waals surface area contributed by atoms with Crippen LogP contribution in [0.3, 0.4) is 0 Å². The monoisotopic (exact) mass is 391 g/mol. The highest BCUT2D eigenvalue weighted by Gasteiger charge is 2.73. The number of ether oxygens (including phenoxy) is 2. The highest BCUT2D eigenvalue weighted by Crippen LogP contribution is 2.64. The lowest BCUT2D eigenvalue weighted by atomic mass is 9.49. The van der Waals surface area contributed by atoms with Crippen molar-refractivity contribution in [3.05, 3.63) is 59.2 Å². The quantitative estimate of drug-likeness (QED) is 0.872. The van der Waals surface area contributed by atoms with E-state index in [1.807, 2.05) is 12.1 Å². The van der Waals surface area contributed by atoms with Gasteiger partial charge in [-0.15, -0.1) is 0 Å². The zero-order valence-electron chi connectivity index (χ0n) is 16.6. The zero-order chi connectivity index (χ0) is 19.8. The molecule has 0 amide bonds. The lowest BCUT2D eigenvalue weighted by molar-refractivity contribution is -0.189. The van der Waals surface area contributed by atoms with E-state index in [1.54, 1.807) is 7.11 Å². The lowest BCUT2D eigenvalue weighted by Crippen LogP contribution is -2.76. The number of carbonyl (C=O) groups is 1. The van der Waals surface area contributed by atoms with E-state index in [0.29, 0.717) is 24.3 Å². The van der Waals surface area contributed by atoms with Gasteiger partial charge in [-0.3, -0.25) is 9.69 Å². The summed E-state index contributed by atoms with van der Waals surface area (Å²) in [5.74, 6) is 1.45. The molecule has 2 fully saturated rings. The second-order valence-electron chi connectivity index (χ2n) is 8.92. The summed E-state index contributed by atoms with van der Waals surface area (Å²) < 4.78 is 11.8. The Morgan fingerprint density at radius 3 is 2.83 bits per heavy atom. The first-order chi connectivity index (χ1) is 14.1. The van der Waals surface area contributed by atoms with Crippen LogP contribution in [-0.4, -0.2) is 47.2 Å². The maximum Gasteiger partial charge on any atom is 0.174 e. The summed E-state index contributed by atoms with van der Waals surface area (Å²) in [4.78, 5) is 15.4. The van der Waals surface area contributed by atoms with Crippen LogP contribution in [0, 0.1) is 0 Å². The average molecular weight is 391 g/mol. The van der Waals surface area contributed by atoms with Crippen molar-refractivity contribution in [3.8, 4) is 11.5 Å². The Morgan fingerprint density at radius 1 is 1.21 bits per heavy atom. The van der Waals surface area contributed by atoms with Crippen LogP contribution in [0.4, 0.5) is 0 Å². The van der Waals surface area contributed by atoms with Crippen molar-refractivity contribution in [2.24, 2.45) is 0 Å². The van der Waals surface area contributed by atoms with Gasteiger partial charge in [0.2, 0.25) is 0 Å². The van der Waals surface area contributed by atoms with Crippen LogP contribution < -0.4 is 9.47 Å². The maximum absolute atomic E-state index is 12.9. The van der Waals surface area contributed by atoms with Gasteiger partial charge in [0.05, 0.1) is 18.1 Å². The molecule has 2 aliphatic heterocycles. The van der Waals surface area contributed by atoms with Crippen LogP contribution in [-0.2, 0) is 23.2 Å². The van der Waals surface area contributed by atoms with E-state index in [2.05, 4.69) is 35.2 Å². The average Bonchev–Trinajstić information content (AvgIpc) is 3.09. The van der Waals surface area contributed by atoms with Gasteiger partial charge >= 0.3 is 0 Å². The van der Waals surface area contributed by atoms with E-state index in [4.69, 9.17) is 9.47 Å². The molecular formula is C24H25NO4. The van der Waals surface area contributed by atoms with Crippen LogP contribution in [0.1, 0.15) is 36.0 Å². The number of hydrogen-bond donors (Lipinski definition) is 1. The zero-order valence-corrected chi connectivity index (χ0v) is 16.6. The van der Waals surface area contributed by atoms with Crippen molar-refractivity contribution in [2.75, 3.05) is 13.7 Å². The molecule has 4 aliphatic rings. The summed E-state index contributed by atoms with van der Waals surface area (Å²) in [6.45, 7) is 1.65. The van der Waals surface area contributed by atoms with Gasteiger partial charge in [0, 0.05) is 31.1 Å². The molecule has 2 unspecified atom stereocenters. The number of Topliss-reactive ketones (excluding diaryl/α,β-unsaturated/α-hetero) is 1. The standard InChI is InChI=1S/C24H25NO4/c1-28-18-8-7-16-13-19-24(27)10-9-17(26)22-23(24,20(16)21(18)29-22)11-12-25(19)14-15-5-3-2-4-6-15/h2-8,19,22,27H,9-14H2,1H3/t19?,22?,23-,24+/m1/s1. The smallest absolute Gasteiger partial charge is 0.174 e. The Balaban J connectivity index is 1.51. The molecule has 5 nitrogen and oxygen atoms in total. The van der Waals surface area contributed by atoms with Gasteiger partial charge in [-0.05, 0) is 36.5 Å². The first-order valence-electron chi connectivity index (χ1n) is 10.5. The largest absolute Gasteiger partial charge is 0.493 e. The maximum atomic E-state index is 12.9. The molecule has 2 aromatic rings. The molecule has 150 valence electrons. The molecule has 0 aromatic heterocycles. The summed E-state index contributed by atoms with van der Waals surface area (Å²) >= 11 is 0. The van der Waals surface area contributed by atoms with Crippen molar-refractivity contribution in [1.82, 2.24) is 4.90 Å². The molecule has 0 radical (unpaired) electrons. The molecule has 5 heteroatoms. The summed E-state index contributed by atoms with van der Waals surface area (Å²) in [5.41, 5.74) is 1.85. The second kappa shape index (κ2) is 5.83. The Bertz CT molecular complexity index is 1010. The Kier molecular flexibility index (Phi) is 3.52. The topological polar surface area (TPSA) is 59.0 Å². The number of aliphatic hydroxyl groups is 1. The summed E-state index contributed by atoms with van der Waals surface area (Å²) in [5, 5.41) is 12.2. The van der Waals surface area contributed by atoms with Crippen molar-refractivity contribution < 1.29 is 19.4 Å². The van der Waals surface area contributed by atoms with Crippen molar-refractivity contribution in [1.29, 1.82) is 0 Å². The van der Waals surface area contributed by atoms with Crippen molar-refractivity contribution in [2.45, 2.75) is 55.4 Å². The van der Waals surface area contributed by atoms with E-state index in [9.17, 15) is 9.90 Å². The van der Waals surface area contributed by atoms with Gasteiger partial charge < -0.3 is 14.6 Å². The van der Waals surface area contributed by atoms with E-state index in [0.717, 1.165) is 31.5 Å². The number of ketones is 1. The lowest BCUT2D eigenvalue weighted by Gasteiger charge is -2.62. The van der Waals surface area contributed by atoms with Crippen molar-refractivity contribution >= 4 is 5.78 Å². The van der Waals surface area contributed by atoms with Crippen LogP contribution in [0.25, 0.3) is 0 Å². The van der Waals surface area contributed by atoms with Crippen LogP contribution >= 0.6 is 0 Å². The summed E-state index contributed by atoms with van der Waals surface area (Å²) in [7, 11) is 1.63. The molecule has 1 saturated carbocycles. The molecular weight excluding hydrogens is 366 g/mol. The molecule has 2 aromatic carbocycles. The highest BCUT2D eigenvalue weighted by molar-refractivity contribution is 5.90. The predicted molar refractivity (Wildman–Crippen MR) is 107 cm³/mol. The van der Waals surface area contributed by atoms with Crippen LogP contribution in [0.15, 0.2) is 42.5 Å². The van der Waals surface area contributed by atoms with Gasteiger partial charge in [-0.2, -0.15) is 0 Å². The fourth-order valence-electron chi connectivity index (χ4n) is 6.57. The predicted octanol–water partition coefficient (Wildman–Crippen LogP) is 2.62.